The molecule has 2 heterocycles. The van der Waals surface area contributed by atoms with Crippen LogP contribution in [0.15, 0.2) is 200 Å². The zero-order chi connectivity index (χ0) is 39.1. The van der Waals surface area contributed by atoms with Crippen LogP contribution in [0.2, 0.25) is 0 Å². The Balaban J connectivity index is 1.10. The van der Waals surface area contributed by atoms with E-state index in [1.807, 2.05) is 0 Å². The predicted octanol–water partition coefficient (Wildman–Crippen LogP) is 14.1. The van der Waals surface area contributed by atoms with Crippen LogP contribution in [0.1, 0.15) is 22.3 Å². The molecule has 0 unspecified atom stereocenters. The van der Waals surface area contributed by atoms with Crippen LogP contribution in [-0.2, 0) is 5.41 Å². The minimum Gasteiger partial charge on any atom is -0.278 e. The largest absolute Gasteiger partial charge is 0.278 e. The van der Waals surface area contributed by atoms with Crippen LogP contribution in [0.4, 0.5) is 0 Å². The van der Waals surface area contributed by atoms with Gasteiger partial charge in [-0.1, -0.05) is 176 Å². The molecule has 2 aliphatic carbocycles. The topological polar surface area (TPSA) is 30.7 Å². The molecule has 3 heteroatoms. The fourth-order valence-corrected chi connectivity index (χ4v) is 11.3. The maximum absolute atomic E-state index is 5.52. The predicted molar refractivity (Wildman–Crippen MR) is 247 cm³/mol. The molecule has 2 aromatic heterocycles. The molecule has 0 N–H and O–H groups in total. The van der Waals surface area contributed by atoms with Crippen molar-refractivity contribution in [1.29, 1.82) is 0 Å². The van der Waals surface area contributed by atoms with Gasteiger partial charge >= 0.3 is 0 Å². The number of benzene rings is 10. The van der Waals surface area contributed by atoms with E-state index in [-0.39, 0.29) is 0 Å². The molecule has 12 aromatic rings. The molecule has 0 fully saturated rings. The average molecular weight is 760 g/mol. The summed E-state index contributed by atoms with van der Waals surface area (Å²) in [5, 5.41) is 8.61. The second-order valence-corrected chi connectivity index (χ2v) is 16.4. The Morgan fingerprint density at radius 3 is 1.62 bits per heavy atom. The van der Waals surface area contributed by atoms with Crippen LogP contribution in [0.25, 0.3) is 105 Å². The van der Waals surface area contributed by atoms with E-state index in [0.29, 0.717) is 5.95 Å². The molecule has 0 atom stereocenters. The van der Waals surface area contributed by atoms with Gasteiger partial charge in [-0.25, -0.2) is 9.97 Å². The normalized spacial score (nSPS) is 13.5. The van der Waals surface area contributed by atoms with Crippen LogP contribution >= 0.6 is 0 Å². The van der Waals surface area contributed by atoms with Gasteiger partial charge in [0, 0.05) is 21.7 Å². The van der Waals surface area contributed by atoms with Gasteiger partial charge in [0.2, 0.25) is 5.95 Å². The number of hydrogen-bond acceptors (Lipinski definition) is 2. The third kappa shape index (κ3) is 3.94. The summed E-state index contributed by atoms with van der Waals surface area (Å²) in [6.45, 7) is 0. The van der Waals surface area contributed by atoms with E-state index in [2.05, 4.69) is 205 Å². The zero-order valence-corrected chi connectivity index (χ0v) is 32.4. The molecule has 276 valence electrons. The molecule has 0 saturated heterocycles. The fourth-order valence-electron chi connectivity index (χ4n) is 11.3. The SMILES string of the molecule is c1ccc(-c2cccc(-c3nc(-n4c5cccc6c7ccc8c(c7c7cccc4c7c65)C4(c5ccccc5-c5ccccc54)c4ccccc4-8)nc4ccccc34)c2)cc1. The first-order valence-corrected chi connectivity index (χ1v) is 20.8. The maximum Gasteiger partial charge on any atom is 0.235 e. The van der Waals surface area contributed by atoms with Crippen molar-refractivity contribution in [2.45, 2.75) is 5.41 Å². The van der Waals surface area contributed by atoms with Gasteiger partial charge in [0.05, 0.1) is 27.7 Å². The molecule has 0 bridgehead atoms. The summed E-state index contributed by atoms with van der Waals surface area (Å²) in [6.07, 6.45) is 0. The standard InChI is InChI=1S/C57H33N3/c1-2-15-34(16-3-1)35-17-12-18-36(33-35)55-43-22-7-11-28-48(43)58-56(59-55)60-49-29-13-23-40-41-31-32-42-39-21-6-10-27-47(39)57(45-25-8-4-19-37(45)38-20-5-9-26-46(38)57)54(42)51(41)44-24-14-30-50(60)53(44)52(40)49/h1-33H. The molecular formula is C57H33N3. The van der Waals surface area contributed by atoms with E-state index in [1.54, 1.807) is 0 Å². The van der Waals surface area contributed by atoms with E-state index in [0.717, 1.165) is 38.8 Å². The van der Waals surface area contributed by atoms with Crippen molar-refractivity contribution in [3.63, 3.8) is 0 Å². The number of fused-ring (bicyclic) bond motifs is 15. The van der Waals surface area contributed by atoms with Gasteiger partial charge in [0.15, 0.2) is 0 Å². The first-order chi connectivity index (χ1) is 29.8. The first kappa shape index (κ1) is 32.1. The zero-order valence-electron chi connectivity index (χ0n) is 32.4. The summed E-state index contributed by atoms with van der Waals surface area (Å²) >= 11 is 0. The molecule has 1 spiro atoms. The lowest BCUT2D eigenvalue weighted by molar-refractivity contribution is 0.802. The summed E-state index contributed by atoms with van der Waals surface area (Å²) in [5.41, 5.74) is 17.7. The first-order valence-electron chi connectivity index (χ1n) is 20.8. The van der Waals surface area contributed by atoms with E-state index >= 15 is 0 Å². The Morgan fingerprint density at radius 2 is 0.883 bits per heavy atom. The summed E-state index contributed by atoms with van der Waals surface area (Å²) in [5.74, 6) is 0.668. The van der Waals surface area contributed by atoms with E-state index in [9.17, 15) is 0 Å². The van der Waals surface area contributed by atoms with Crippen LogP contribution in [0, 0.1) is 0 Å². The van der Waals surface area contributed by atoms with Crippen molar-refractivity contribution in [3.8, 4) is 50.6 Å². The number of para-hydroxylation sites is 1. The van der Waals surface area contributed by atoms with Crippen molar-refractivity contribution in [3.05, 3.63) is 222 Å². The van der Waals surface area contributed by atoms with Crippen LogP contribution in [0.3, 0.4) is 0 Å². The third-order valence-corrected chi connectivity index (χ3v) is 13.6. The minimum absolute atomic E-state index is 0.467. The van der Waals surface area contributed by atoms with Crippen molar-refractivity contribution in [2.75, 3.05) is 0 Å². The van der Waals surface area contributed by atoms with Gasteiger partial charge in [-0.15, -0.1) is 0 Å². The molecule has 0 saturated carbocycles. The summed E-state index contributed by atoms with van der Waals surface area (Å²) in [4.78, 5) is 10.9. The summed E-state index contributed by atoms with van der Waals surface area (Å²) in [6, 6.07) is 73.4. The highest BCUT2D eigenvalue weighted by Gasteiger charge is 2.52. The monoisotopic (exact) mass is 759 g/mol. The van der Waals surface area contributed by atoms with Crippen molar-refractivity contribution >= 4 is 54.3 Å². The van der Waals surface area contributed by atoms with Crippen LogP contribution in [0.5, 0.6) is 0 Å². The number of rotatable bonds is 3. The second-order valence-electron chi connectivity index (χ2n) is 16.4. The Bertz CT molecular complexity index is 3720. The van der Waals surface area contributed by atoms with E-state index in [1.165, 1.54) is 82.4 Å². The molecule has 0 aliphatic heterocycles. The number of nitrogens with zero attached hydrogens (tertiary/aromatic N) is 3. The van der Waals surface area contributed by atoms with Gasteiger partial charge in [0.1, 0.15) is 0 Å². The van der Waals surface area contributed by atoms with E-state index in [4.69, 9.17) is 9.97 Å². The van der Waals surface area contributed by atoms with Gasteiger partial charge in [-0.05, 0) is 101 Å². The highest BCUT2D eigenvalue weighted by Crippen LogP contribution is 2.65. The van der Waals surface area contributed by atoms with Gasteiger partial charge in [0.25, 0.3) is 0 Å². The highest BCUT2D eigenvalue weighted by molar-refractivity contribution is 6.35. The molecule has 60 heavy (non-hydrogen) atoms. The molecule has 3 nitrogen and oxygen atoms in total. The maximum atomic E-state index is 5.52. The van der Waals surface area contributed by atoms with Gasteiger partial charge in [-0.3, -0.25) is 4.57 Å². The number of hydrogen-bond donors (Lipinski definition) is 0. The second kappa shape index (κ2) is 11.6. The average Bonchev–Trinajstić information content (AvgIpc) is 3.93. The quantitative estimate of drug-likeness (QED) is 0.168. The Hall–Kier alpha value is -7.88. The number of aromatic nitrogens is 3. The molecule has 14 rings (SSSR count). The Labute approximate surface area is 345 Å². The fraction of sp³-hybridized carbons (Fsp3) is 0.0175. The molecule has 2 aliphatic rings. The van der Waals surface area contributed by atoms with Crippen molar-refractivity contribution in [2.24, 2.45) is 0 Å². The van der Waals surface area contributed by atoms with Crippen LogP contribution < -0.4 is 0 Å². The lowest BCUT2D eigenvalue weighted by Gasteiger charge is -2.32. The molecule has 0 radical (unpaired) electrons. The van der Waals surface area contributed by atoms with Gasteiger partial charge in [-0.2, -0.15) is 0 Å². The van der Waals surface area contributed by atoms with Gasteiger partial charge < -0.3 is 0 Å². The highest BCUT2D eigenvalue weighted by atomic mass is 15.2. The van der Waals surface area contributed by atoms with E-state index < -0.39 is 5.41 Å². The lowest BCUT2D eigenvalue weighted by atomic mass is 9.69. The summed E-state index contributed by atoms with van der Waals surface area (Å²) in [7, 11) is 0. The summed E-state index contributed by atoms with van der Waals surface area (Å²) < 4.78 is 2.31. The van der Waals surface area contributed by atoms with Crippen LogP contribution in [-0.4, -0.2) is 14.5 Å². The minimum atomic E-state index is -0.467. The molecule has 10 aromatic carbocycles. The Kier molecular flexibility index (Phi) is 6.22. The third-order valence-electron chi connectivity index (χ3n) is 13.6. The van der Waals surface area contributed by atoms with Crippen molar-refractivity contribution in [1.82, 2.24) is 14.5 Å². The molecular weight excluding hydrogens is 727 g/mol. The van der Waals surface area contributed by atoms with Crippen molar-refractivity contribution < 1.29 is 0 Å². The molecule has 0 amide bonds. The smallest absolute Gasteiger partial charge is 0.235 e. The Morgan fingerprint density at radius 1 is 0.350 bits per heavy atom. The lowest BCUT2D eigenvalue weighted by Crippen LogP contribution is -2.26.